The van der Waals surface area contributed by atoms with Crippen LogP contribution in [0, 0.1) is 0 Å². The molecule has 0 saturated carbocycles. The fourth-order valence-electron chi connectivity index (χ4n) is 1.30. The van der Waals surface area contributed by atoms with Gasteiger partial charge in [-0.15, -0.1) is 0 Å². The second kappa shape index (κ2) is 5.12. The van der Waals surface area contributed by atoms with E-state index in [1.165, 1.54) is 6.33 Å². The van der Waals surface area contributed by atoms with E-state index >= 15 is 0 Å². The molecule has 0 aliphatic rings. The van der Waals surface area contributed by atoms with Crippen molar-refractivity contribution in [3.8, 4) is 0 Å². The second-order valence-corrected chi connectivity index (χ2v) is 4.53. The lowest BCUT2D eigenvalue weighted by Crippen LogP contribution is -2.42. The van der Waals surface area contributed by atoms with Crippen molar-refractivity contribution in [2.24, 2.45) is 0 Å². The van der Waals surface area contributed by atoms with Crippen molar-refractivity contribution >= 4 is 17.7 Å². The minimum absolute atomic E-state index is 0.397. The number of halogens is 1. The molecule has 0 unspecified atom stereocenters. The number of aromatic nitrogens is 2. The van der Waals surface area contributed by atoms with Crippen LogP contribution in [0.4, 0.5) is 4.79 Å². The van der Waals surface area contributed by atoms with E-state index in [0.717, 1.165) is 5.69 Å². The Bertz CT molecular complexity index is 382. The van der Waals surface area contributed by atoms with Crippen molar-refractivity contribution in [1.29, 1.82) is 0 Å². The molecule has 1 heterocycles. The maximum Gasteiger partial charge on any atom is 0.405 e. The van der Waals surface area contributed by atoms with Crippen LogP contribution < -0.4 is 5.32 Å². The number of hydrogen-bond acceptors (Lipinski definition) is 3. The van der Waals surface area contributed by atoms with Gasteiger partial charge in [0.25, 0.3) is 0 Å². The lowest BCUT2D eigenvalue weighted by molar-refractivity contribution is 0.180. The maximum atomic E-state index is 10.5. The molecule has 1 aromatic rings. The van der Waals surface area contributed by atoms with Gasteiger partial charge in [-0.3, -0.25) is 0 Å². The van der Waals surface area contributed by atoms with Gasteiger partial charge in [0.05, 0.1) is 0 Å². The highest BCUT2D eigenvalue weighted by Crippen LogP contribution is 2.13. The predicted molar refractivity (Wildman–Crippen MR) is 60.6 cm³/mol. The molecule has 1 amide bonds. The van der Waals surface area contributed by atoms with Gasteiger partial charge in [0, 0.05) is 11.2 Å². The molecular weight excluding hydrogens is 230 g/mol. The zero-order valence-electron chi connectivity index (χ0n) is 9.20. The smallest absolute Gasteiger partial charge is 0.405 e. The van der Waals surface area contributed by atoms with Crippen molar-refractivity contribution in [2.75, 3.05) is 0 Å². The molecule has 5 nitrogen and oxygen atoms in total. The largest absolute Gasteiger partial charge is 0.465 e. The molecule has 0 fully saturated rings. The molecule has 2 N–H and O–H groups in total. The highest BCUT2D eigenvalue weighted by Gasteiger charge is 2.19. The average molecular weight is 244 g/mol. The number of aryl methyl sites for hydroxylation is 1. The van der Waals surface area contributed by atoms with Crippen LogP contribution >= 0.6 is 11.6 Å². The molecule has 0 aliphatic heterocycles. The van der Waals surface area contributed by atoms with Crippen LogP contribution in [0.2, 0.25) is 5.15 Å². The Hall–Kier alpha value is -1.36. The molecule has 0 spiro atoms. The summed E-state index contributed by atoms with van der Waals surface area (Å²) >= 11 is 5.72. The lowest BCUT2D eigenvalue weighted by Gasteiger charge is -2.24. The Balaban J connectivity index is 2.54. The fourth-order valence-corrected chi connectivity index (χ4v) is 1.47. The van der Waals surface area contributed by atoms with Gasteiger partial charge in [-0.2, -0.15) is 0 Å². The minimum atomic E-state index is -1.02. The van der Waals surface area contributed by atoms with E-state index in [-0.39, 0.29) is 0 Å². The van der Waals surface area contributed by atoms with E-state index in [4.69, 9.17) is 16.7 Å². The molecule has 1 rings (SSSR count). The first-order chi connectivity index (χ1) is 7.39. The first-order valence-corrected chi connectivity index (χ1v) is 5.24. The van der Waals surface area contributed by atoms with Gasteiger partial charge in [0.2, 0.25) is 0 Å². The van der Waals surface area contributed by atoms with Gasteiger partial charge in [-0.05, 0) is 32.8 Å². The lowest BCUT2D eigenvalue weighted by atomic mass is 9.97. The molecule has 1 aromatic heterocycles. The molecule has 16 heavy (non-hydrogen) atoms. The number of rotatable bonds is 4. The Morgan fingerprint density at radius 2 is 2.25 bits per heavy atom. The van der Waals surface area contributed by atoms with Crippen LogP contribution in [0.1, 0.15) is 26.0 Å². The summed E-state index contributed by atoms with van der Waals surface area (Å²) in [5, 5.41) is 11.5. The summed E-state index contributed by atoms with van der Waals surface area (Å²) in [6.07, 6.45) is 1.67. The number of amides is 1. The van der Waals surface area contributed by atoms with Crippen LogP contribution in [0.5, 0.6) is 0 Å². The topological polar surface area (TPSA) is 75.1 Å². The molecular formula is C10H14ClN3O2. The van der Waals surface area contributed by atoms with Gasteiger partial charge in [0.15, 0.2) is 0 Å². The number of hydrogen-bond donors (Lipinski definition) is 2. The summed E-state index contributed by atoms with van der Waals surface area (Å²) in [5.74, 6) is 0. The summed E-state index contributed by atoms with van der Waals surface area (Å²) in [4.78, 5) is 18.4. The Labute approximate surface area is 98.9 Å². The SMILES string of the molecule is CC(C)(CCc1cc(Cl)ncn1)NC(=O)O. The van der Waals surface area contributed by atoms with Gasteiger partial charge in [0.1, 0.15) is 11.5 Å². The summed E-state index contributed by atoms with van der Waals surface area (Å²) < 4.78 is 0. The fraction of sp³-hybridized carbons (Fsp3) is 0.500. The summed E-state index contributed by atoms with van der Waals surface area (Å²) in [6.45, 7) is 3.65. The number of carboxylic acid groups (broad SMARTS) is 1. The third-order valence-corrected chi connectivity index (χ3v) is 2.35. The summed E-state index contributed by atoms with van der Waals surface area (Å²) in [5.41, 5.74) is 0.323. The molecule has 0 bridgehead atoms. The maximum absolute atomic E-state index is 10.5. The van der Waals surface area contributed by atoms with Crippen LogP contribution in [0.15, 0.2) is 12.4 Å². The quantitative estimate of drug-likeness (QED) is 0.795. The monoisotopic (exact) mass is 243 g/mol. The highest BCUT2D eigenvalue weighted by atomic mass is 35.5. The van der Waals surface area contributed by atoms with E-state index in [1.54, 1.807) is 6.07 Å². The van der Waals surface area contributed by atoms with Crippen molar-refractivity contribution in [1.82, 2.24) is 15.3 Å². The normalized spacial score (nSPS) is 11.2. The van der Waals surface area contributed by atoms with E-state index in [1.807, 2.05) is 13.8 Å². The third kappa shape index (κ3) is 4.44. The molecule has 0 aliphatic carbocycles. The van der Waals surface area contributed by atoms with Gasteiger partial charge in [-0.25, -0.2) is 14.8 Å². The summed E-state index contributed by atoms with van der Waals surface area (Å²) in [6, 6.07) is 1.68. The predicted octanol–water partition coefficient (Wildman–Crippen LogP) is 2.11. The highest BCUT2D eigenvalue weighted by molar-refractivity contribution is 6.29. The van der Waals surface area contributed by atoms with Crippen molar-refractivity contribution in [3.05, 3.63) is 23.2 Å². The van der Waals surface area contributed by atoms with Crippen molar-refractivity contribution < 1.29 is 9.90 Å². The molecule has 0 radical (unpaired) electrons. The third-order valence-electron chi connectivity index (χ3n) is 2.14. The van der Waals surface area contributed by atoms with Crippen LogP contribution in [0.3, 0.4) is 0 Å². The minimum Gasteiger partial charge on any atom is -0.465 e. The van der Waals surface area contributed by atoms with E-state index in [9.17, 15) is 4.79 Å². The zero-order valence-corrected chi connectivity index (χ0v) is 9.95. The molecule has 0 aromatic carbocycles. The van der Waals surface area contributed by atoms with E-state index < -0.39 is 11.6 Å². The number of carbonyl (C=O) groups is 1. The number of nitrogens with one attached hydrogen (secondary N) is 1. The van der Waals surface area contributed by atoms with Crippen molar-refractivity contribution in [3.63, 3.8) is 0 Å². The second-order valence-electron chi connectivity index (χ2n) is 4.15. The molecule has 0 saturated heterocycles. The van der Waals surface area contributed by atoms with Crippen LogP contribution in [0.25, 0.3) is 0 Å². The zero-order chi connectivity index (χ0) is 12.2. The first-order valence-electron chi connectivity index (χ1n) is 4.86. The van der Waals surface area contributed by atoms with E-state index in [0.29, 0.717) is 18.0 Å². The Morgan fingerprint density at radius 1 is 1.56 bits per heavy atom. The Kier molecular flexibility index (Phi) is 4.06. The van der Waals surface area contributed by atoms with Crippen molar-refractivity contribution in [2.45, 2.75) is 32.2 Å². The molecule has 88 valence electrons. The molecule has 6 heteroatoms. The Morgan fingerprint density at radius 3 is 2.81 bits per heavy atom. The van der Waals surface area contributed by atoms with Gasteiger partial charge < -0.3 is 10.4 Å². The first kappa shape index (κ1) is 12.7. The van der Waals surface area contributed by atoms with Gasteiger partial charge in [-0.1, -0.05) is 11.6 Å². The number of nitrogens with zero attached hydrogens (tertiary/aromatic N) is 2. The molecule has 0 atom stereocenters. The van der Waals surface area contributed by atoms with Crippen LogP contribution in [-0.4, -0.2) is 26.7 Å². The standard InChI is InChI=1S/C10H14ClN3O2/c1-10(2,14-9(15)16)4-3-7-5-8(11)13-6-12-7/h5-6,14H,3-4H2,1-2H3,(H,15,16). The van der Waals surface area contributed by atoms with Gasteiger partial charge >= 0.3 is 6.09 Å². The van der Waals surface area contributed by atoms with E-state index in [2.05, 4.69) is 15.3 Å². The van der Waals surface area contributed by atoms with Crippen LogP contribution in [-0.2, 0) is 6.42 Å². The summed E-state index contributed by atoms with van der Waals surface area (Å²) in [7, 11) is 0. The average Bonchev–Trinajstić information content (AvgIpc) is 2.13.